The van der Waals surface area contributed by atoms with E-state index >= 15 is 0 Å². The Bertz CT molecular complexity index is 75.0. The van der Waals surface area contributed by atoms with Crippen molar-refractivity contribution in [3.05, 3.63) is 0 Å². The average Bonchev–Trinajstić information content (AvgIpc) is 2.15. The molecule has 2 heteroatoms. The maximum Gasteiger partial charge on any atom is 0.00162 e. The quantitative estimate of drug-likeness (QED) is 0.570. The molecule has 0 aromatic heterocycles. The standard InChI is InChI=1S/C7H16N2/c1-9(2)6-7-3-4-8-5-7/h7-8H,3-6H2,1-2H3/t7-/m1/s1. The first-order valence-electron chi connectivity index (χ1n) is 3.64. The number of nitrogens with zero attached hydrogens (tertiary/aromatic N) is 1. The maximum atomic E-state index is 3.35. The van der Waals surface area contributed by atoms with Crippen LogP contribution >= 0.6 is 0 Å². The van der Waals surface area contributed by atoms with E-state index in [1.165, 1.54) is 26.1 Å². The van der Waals surface area contributed by atoms with Gasteiger partial charge in [0, 0.05) is 6.54 Å². The fourth-order valence-corrected chi connectivity index (χ4v) is 1.39. The third-order valence-electron chi connectivity index (χ3n) is 1.79. The molecular weight excluding hydrogens is 112 g/mol. The third kappa shape index (κ3) is 2.33. The summed E-state index contributed by atoms with van der Waals surface area (Å²) in [5.74, 6) is 0.903. The lowest BCUT2D eigenvalue weighted by atomic mass is 10.1. The Morgan fingerprint density at radius 3 is 2.78 bits per heavy atom. The molecular formula is C7H16N2. The molecule has 9 heavy (non-hydrogen) atoms. The number of nitrogens with one attached hydrogen (secondary N) is 1. The van der Waals surface area contributed by atoms with Gasteiger partial charge in [-0.25, -0.2) is 0 Å². The van der Waals surface area contributed by atoms with Gasteiger partial charge in [-0.05, 0) is 39.5 Å². The van der Waals surface area contributed by atoms with Gasteiger partial charge in [-0.15, -0.1) is 0 Å². The number of hydrogen-bond donors (Lipinski definition) is 1. The number of hydrogen-bond acceptors (Lipinski definition) is 2. The molecule has 54 valence electrons. The van der Waals surface area contributed by atoms with Gasteiger partial charge in [0.2, 0.25) is 0 Å². The summed E-state index contributed by atoms with van der Waals surface area (Å²) in [4.78, 5) is 2.26. The molecule has 0 aliphatic carbocycles. The van der Waals surface area contributed by atoms with Crippen molar-refractivity contribution in [1.29, 1.82) is 0 Å². The van der Waals surface area contributed by atoms with E-state index in [0.717, 1.165) is 5.92 Å². The van der Waals surface area contributed by atoms with Crippen molar-refractivity contribution in [3.63, 3.8) is 0 Å². The lowest BCUT2D eigenvalue weighted by Crippen LogP contribution is -2.23. The van der Waals surface area contributed by atoms with E-state index in [9.17, 15) is 0 Å². The summed E-state index contributed by atoms with van der Waals surface area (Å²) in [5, 5.41) is 3.35. The van der Waals surface area contributed by atoms with Crippen molar-refractivity contribution < 1.29 is 0 Å². The summed E-state index contributed by atoms with van der Waals surface area (Å²) in [5.41, 5.74) is 0. The largest absolute Gasteiger partial charge is 0.316 e. The molecule has 0 amide bonds. The maximum absolute atomic E-state index is 3.35. The fourth-order valence-electron chi connectivity index (χ4n) is 1.39. The van der Waals surface area contributed by atoms with Crippen molar-refractivity contribution in [2.75, 3.05) is 33.7 Å². The van der Waals surface area contributed by atoms with Crippen molar-refractivity contribution in [3.8, 4) is 0 Å². The van der Waals surface area contributed by atoms with Crippen molar-refractivity contribution in [1.82, 2.24) is 10.2 Å². The van der Waals surface area contributed by atoms with Crippen LogP contribution in [0.3, 0.4) is 0 Å². The molecule has 0 aromatic rings. The monoisotopic (exact) mass is 128 g/mol. The fraction of sp³-hybridized carbons (Fsp3) is 1.00. The summed E-state index contributed by atoms with van der Waals surface area (Å²) in [6.07, 6.45) is 1.36. The lowest BCUT2D eigenvalue weighted by molar-refractivity contribution is 0.339. The average molecular weight is 128 g/mol. The first kappa shape index (κ1) is 7.03. The molecule has 1 aliphatic heterocycles. The number of rotatable bonds is 2. The minimum atomic E-state index is 0.903. The predicted molar refractivity (Wildman–Crippen MR) is 39.5 cm³/mol. The first-order chi connectivity index (χ1) is 4.29. The van der Waals surface area contributed by atoms with Crippen LogP contribution in [0.4, 0.5) is 0 Å². The zero-order valence-corrected chi connectivity index (χ0v) is 6.35. The molecule has 1 heterocycles. The lowest BCUT2D eigenvalue weighted by Gasteiger charge is -2.13. The van der Waals surface area contributed by atoms with Gasteiger partial charge in [0.1, 0.15) is 0 Å². The van der Waals surface area contributed by atoms with Crippen LogP contribution in [0.2, 0.25) is 0 Å². The highest BCUT2D eigenvalue weighted by atomic mass is 15.1. The molecule has 0 radical (unpaired) electrons. The van der Waals surface area contributed by atoms with Crippen molar-refractivity contribution in [2.45, 2.75) is 6.42 Å². The van der Waals surface area contributed by atoms with E-state index in [4.69, 9.17) is 0 Å². The third-order valence-corrected chi connectivity index (χ3v) is 1.79. The Balaban J connectivity index is 2.11. The first-order valence-corrected chi connectivity index (χ1v) is 3.64. The minimum absolute atomic E-state index is 0.903. The van der Waals surface area contributed by atoms with Crippen LogP contribution in [0, 0.1) is 5.92 Å². The summed E-state index contributed by atoms with van der Waals surface area (Å²) >= 11 is 0. The van der Waals surface area contributed by atoms with Gasteiger partial charge in [-0.2, -0.15) is 0 Å². The van der Waals surface area contributed by atoms with Crippen LogP contribution < -0.4 is 5.32 Å². The molecule has 0 spiro atoms. The van der Waals surface area contributed by atoms with Crippen LogP contribution in [-0.4, -0.2) is 38.6 Å². The second-order valence-electron chi connectivity index (χ2n) is 3.12. The van der Waals surface area contributed by atoms with Gasteiger partial charge >= 0.3 is 0 Å². The normalized spacial score (nSPS) is 27.7. The highest BCUT2D eigenvalue weighted by Gasteiger charge is 2.13. The Morgan fingerprint density at radius 1 is 1.56 bits per heavy atom. The molecule has 0 unspecified atom stereocenters. The topological polar surface area (TPSA) is 15.3 Å². The Morgan fingerprint density at radius 2 is 2.33 bits per heavy atom. The van der Waals surface area contributed by atoms with Crippen LogP contribution in [0.5, 0.6) is 0 Å². The minimum Gasteiger partial charge on any atom is -0.316 e. The Hall–Kier alpha value is -0.0800. The van der Waals surface area contributed by atoms with Crippen LogP contribution in [-0.2, 0) is 0 Å². The van der Waals surface area contributed by atoms with Crippen LogP contribution in [0.25, 0.3) is 0 Å². The molecule has 1 aliphatic rings. The van der Waals surface area contributed by atoms with Crippen molar-refractivity contribution >= 4 is 0 Å². The zero-order valence-electron chi connectivity index (χ0n) is 6.35. The van der Waals surface area contributed by atoms with Gasteiger partial charge in [-0.3, -0.25) is 0 Å². The summed E-state index contributed by atoms with van der Waals surface area (Å²) in [6.45, 7) is 3.68. The van der Waals surface area contributed by atoms with Gasteiger partial charge < -0.3 is 10.2 Å². The molecule has 0 saturated carbocycles. The molecule has 0 bridgehead atoms. The second-order valence-corrected chi connectivity index (χ2v) is 3.12. The molecule has 1 atom stereocenters. The molecule has 1 rings (SSSR count). The predicted octanol–water partition coefficient (Wildman–Crippen LogP) is 0.158. The molecule has 1 saturated heterocycles. The smallest absolute Gasteiger partial charge is 0.00162 e. The molecule has 0 aromatic carbocycles. The summed E-state index contributed by atoms with van der Waals surface area (Å²) in [6, 6.07) is 0. The van der Waals surface area contributed by atoms with Crippen molar-refractivity contribution in [2.24, 2.45) is 5.92 Å². The molecule has 1 fully saturated rings. The van der Waals surface area contributed by atoms with E-state index in [1.807, 2.05) is 0 Å². The molecule has 2 nitrogen and oxygen atoms in total. The summed E-state index contributed by atoms with van der Waals surface area (Å²) in [7, 11) is 4.27. The van der Waals surface area contributed by atoms with E-state index in [-0.39, 0.29) is 0 Å². The zero-order chi connectivity index (χ0) is 6.69. The Kier molecular flexibility index (Phi) is 2.49. The van der Waals surface area contributed by atoms with Crippen LogP contribution in [0.15, 0.2) is 0 Å². The summed E-state index contributed by atoms with van der Waals surface area (Å²) < 4.78 is 0. The Labute approximate surface area is 57.2 Å². The van der Waals surface area contributed by atoms with E-state index in [1.54, 1.807) is 0 Å². The second kappa shape index (κ2) is 3.18. The van der Waals surface area contributed by atoms with E-state index in [2.05, 4.69) is 24.3 Å². The van der Waals surface area contributed by atoms with Crippen LogP contribution in [0.1, 0.15) is 6.42 Å². The highest BCUT2D eigenvalue weighted by Crippen LogP contribution is 2.06. The van der Waals surface area contributed by atoms with E-state index < -0.39 is 0 Å². The van der Waals surface area contributed by atoms with Gasteiger partial charge in [0.25, 0.3) is 0 Å². The van der Waals surface area contributed by atoms with Gasteiger partial charge in [0.15, 0.2) is 0 Å². The van der Waals surface area contributed by atoms with E-state index in [0.29, 0.717) is 0 Å². The van der Waals surface area contributed by atoms with Gasteiger partial charge in [0.05, 0.1) is 0 Å². The highest BCUT2D eigenvalue weighted by molar-refractivity contribution is 4.72. The molecule has 1 N–H and O–H groups in total. The van der Waals surface area contributed by atoms with Gasteiger partial charge in [-0.1, -0.05) is 0 Å². The SMILES string of the molecule is CN(C)C[C@@H]1CCNC1.